The molecule has 1 atom stereocenters. The first-order chi connectivity index (χ1) is 13.7. The topological polar surface area (TPSA) is 58.3 Å². The highest BCUT2D eigenvalue weighted by Gasteiger charge is 2.21. The van der Waals surface area contributed by atoms with Crippen LogP contribution in [0.2, 0.25) is 0 Å². The summed E-state index contributed by atoms with van der Waals surface area (Å²) in [4.78, 5) is 13.7. The van der Waals surface area contributed by atoms with Gasteiger partial charge in [0, 0.05) is 31.4 Å². The summed E-state index contributed by atoms with van der Waals surface area (Å²) in [6.07, 6.45) is 5.61. The third kappa shape index (κ3) is 4.39. The Balaban J connectivity index is 1.40. The largest absolute Gasteiger partial charge is 0.355 e. The Bertz CT molecular complexity index is 877. The lowest BCUT2D eigenvalue weighted by molar-refractivity contribution is 0.135. The molecule has 146 valence electrons. The van der Waals surface area contributed by atoms with Gasteiger partial charge in [0.2, 0.25) is 11.7 Å². The fourth-order valence-electron chi connectivity index (χ4n) is 3.68. The van der Waals surface area contributed by atoms with Crippen molar-refractivity contribution in [3.8, 4) is 11.4 Å². The van der Waals surface area contributed by atoms with Crippen molar-refractivity contribution in [2.75, 3.05) is 18.5 Å². The van der Waals surface area contributed by atoms with Crippen molar-refractivity contribution in [2.45, 2.75) is 45.3 Å². The normalized spacial score (nSPS) is 17.6. The molecule has 0 unspecified atom stereocenters. The summed E-state index contributed by atoms with van der Waals surface area (Å²) < 4.78 is 5.49. The van der Waals surface area contributed by atoms with Gasteiger partial charge in [-0.2, -0.15) is 4.98 Å². The summed E-state index contributed by atoms with van der Waals surface area (Å²) in [7, 11) is 2.04. The van der Waals surface area contributed by atoms with Crippen molar-refractivity contribution in [2.24, 2.45) is 0 Å². The molecular weight excluding hydrogens is 350 g/mol. The Hall–Kier alpha value is -2.73. The SMILES string of the molecule is C[C@@H]1CCCCN1Cc1nc(-c2ccc(N(C)Cc3ccccc3)nc2)no1. The Morgan fingerprint density at radius 2 is 2.00 bits per heavy atom. The van der Waals surface area contributed by atoms with Crippen LogP contribution in [0.15, 0.2) is 53.2 Å². The first kappa shape index (κ1) is 18.6. The van der Waals surface area contributed by atoms with Gasteiger partial charge in [0.05, 0.1) is 6.54 Å². The van der Waals surface area contributed by atoms with E-state index in [-0.39, 0.29) is 0 Å². The van der Waals surface area contributed by atoms with E-state index in [9.17, 15) is 0 Å². The van der Waals surface area contributed by atoms with E-state index in [4.69, 9.17) is 4.52 Å². The predicted octanol–water partition coefficient (Wildman–Crippen LogP) is 4.14. The molecule has 1 aromatic carbocycles. The maximum absolute atomic E-state index is 5.49. The zero-order valence-electron chi connectivity index (χ0n) is 16.6. The zero-order chi connectivity index (χ0) is 19.3. The van der Waals surface area contributed by atoms with Crippen LogP contribution in [0.25, 0.3) is 11.4 Å². The minimum Gasteiger partial charge on any atom is -0.355 e. The van der Waals surface area contributed by atoms with Crippen molar-refractivity contribution in [1.82, 2.24) is 20.0 Å². The highest BCUT2D eigenvalue weighted by Crippen LogP contribution is 2.22. The minimum atomic E-state index is 0.574. The highest BCUT2D eigenvalue weighted by atomic mass is 16.5. The third-order valence-electron chi connectivity index (χ3n) is 5.41. The molecule has 28 heavy (non-hydrogen) atoms. The summed E-state index contributed by atoms with van der Waals surface area (Å²) in [6.45, 7) is 4.90. The molecule has 0 aliphatic carbocycles. The maximum Gasteiger partial charge on any atom is 0.241 e. The lowest BCUT2D eigenvalue weighted by Gasteiger charge is -2.31. The molecule has 0 saturated carbocycles. The number of aromatic nitrogens is 3. The molecule has 1 saturated heterocycles. The number of anilines is 1. The number of hydrogen-bond donors (Lipinski definition) is 0. The molecule has 2 aromatic heterocycles. The lowest BCUT2D eigenvalue weighted by atomic mass is 10.0. The van der Waals surface area contributed by atoms with Gasteiger partial charge in [0.25, 0.3) is 0 Å². The fourth-order valence-corrected chi connectivity index (χ4v) is 3.68. The van der Waals surface area contributed by atoms with Crippen molar-refractivity contribution < 1.29 is 4.52 Å². The minimum absolute atomic E-state index is 0.574. The number of nitrogens with zero attached hydrogens (tertiary/aromatic N) is 5. The second kappa shape index (κ2) is 8.52. The Kier molecular flexibility index (Phi) is 5.67. The van der Waals surface area contributed by atoms with Crippen LogP contribution in [0.4, 0.5) is 5.82 Å². The van der Waals surface area contributed by atoms with Gasteiger partial charge in [-0.25, -0.2) is 4.98 Å². The number of likely N-dealkylation sites (tertiary alicyclic amines) is 1. The van der Waals surface area contributed by atoms with E-state index in [2.05, 4.69) is 56.1 Å². The van der Waals surface area contributed by atoms with Gasteiger partial charge in [0.15, 0.2) is 0 Å². The number of rotatable bonds is 6. The van der Waals surface area contributed by atoms with Gasteiger partial charge in [-0.1, -0.05) is 41.9 Å². The van der Waals surface area contributed by atoms with Crippen LogP contribution in [0.5, 0.6) is 0 Å². The van der Waals surface area contributed by atoms with Crippen LogP contribution in [0, 0.1) is 0 Å². The second-order valence-electron chi connectivity index (χ2n) is 7.57. The van der Waals surface area contributed by atoms with Crippen LogP contribution in [-0.4, -0.2) is 39.7 Å². The van der Waals surface area contributed by atoms with E-state index in [1.54, 1.807) is 0 Å². The molecule has 1 fully saturated rings. The van der Waals surface area contributed by atoms with Crippen molar-refractivity contribution in [1.29, 1.82) is 0 Å². The first-order valence-electron chi connectivity index (χ1n) is 9.97. The molecule has 3 aromatic rings. The van der Waals surface area contributed by atoms with Gasteiger partial charge in [-0.05, 0) is 44.0 Å². The molecule has 6 heteroatoms. The van der Waals surface area contributed by atoms with Gasteiger partial charge >= 0.3 is 0 Å². The Morgan fingerprint density at radius 1 is 1.14 bits per heavy atom. The van der Waals surface area contributed by atoms with Crippen molar-refractivity contribution >= 4 is 5.82 Å². The van der Waals surface area contributed by atoms with Crippen molar-refractivity contribution in [3.05, 3.63) is 60.1 Å². The summed E-state index contributed by atoms with van der Waals surface area (Å²) in [5.74, 6) is 2.19. The van der Waals surface area contributed by atoms with Gasteiger partial charge in [-0.15, -0.1) is 0 Å². The molecule has 0 amide bonds. The van der Waals surface area contributed by atoms with Crippen LogP contribution >= 0.6 is 0 Å². The molecule has 3 heterocycles. The Labute approximate surface area is 166 Å². The van der Waals surface area contributed by atoms with Crippen LogP contribution < -0.4 is 4.90 Å². The molecule has 4 rings (SSSR count). The number of pyridine rings is 1. The number of piperidine rings is 1. The molecule has 0 N–H and O–H groups in total. The smallest absolute Gasteiger partial charge is 0.241 e. The predicted molar refractivity (Wildman–Crippen MR) is 110 cm³/mol. The van der Waals surface area contributed by atoms with E-state index >= 15 is 0 Å². The van der Waals surface area contributed by atoms with E-state index in [1.807, 2.05) is 31.4 Å². The van der Waals surface area contributed by atoms with E-state index in [0.717, 1.165) is 31.0 Å². The van der Waals surface area contributed by atoms with E-state index in [1.165, 1.54) is 24.8 Å². The molecule has 1 aliphatic heterocycles. The third-order valence-corrected chi connectivity index (χ3v) is 5.41. The van der Waals surface area contributed by atoms with Crippen molar-refractivity contribution in [3.63, 3.8) is 0 Å². The second-order valence-corrected chi connectivity index (χ2v) is 7.57. The van der Waals surface area contributed by atoms with E-state index < -0.39 is 0 Å². The average Bonchev–Trinajstić information content (AvgIpc) is 3.19. The number of hydrogen-bond acceptors (Lipinski definition) is 6. The maximum atomic E-state index is 5.49. The average molecular weight is 377 g/mol. The van der Waals surface area contributed by atoms with Crippen LogP contribution in [0.1, 0.15) is 37.6 Å². The van der Waals surface area contributed by atoms with Gasteiger partial charge < -0.3 is 9.42 Å². The van der Waals surface area contributed by atoms with Gasteiger partial charge in [0.1, 0.15) is 5.82 Å². The summed E-state index contributed by atoms with van der Waals surface area (Å²) in [5, 5.41) is 4.15. The molecule has 1 aliphatic rings. The standard InChI is InChI=1S/C22H27N5O/c1-17-8-6-7-13-27(17)16-21-24-22(25-28-21)19-11-12-20(23-14-19)26(2)15-18-9-4-3-5-10-18/h3-5,9-12,14,17H,6-8,13,15-16H2,1-2H3/t17-/m1/s1. The van der Waals surface area contributed by atoms with Crippen LogP contribution in [0.3, 0.4) is 0 Å². The lowest BCUT2D eigenvalue weighted by Crippen LogP contribution is -2.36. The van der Waals surface area contributed by atoms with Crippen LogP contribution in [-0.2, 0) is 13.1 Å². The molecule has 6 nitrogen and oxygen atoms in total. The first-order valence-corrected chi connectivity index (χ1v) is 9.97. The summed E-state index contributed by atoms with van der Waals surface area (Å²) >= 11 is 0. The molecule has 0 spiro atoms. The summed E-state index contributed by atoms with van der Waals surface area (Å²) in [6, 6.07) is 15.0. The Morgan fingerprint density at radius 3 is 2.75 bits per heavy atom. The monoisotopic (exact) mass is 377 g/mol. The highest BCUT2D eigenvalue weighted by molar-refractivity contribution is 5.55. The summed E-state index contributed by atoms with van der Waals surface area (Å²) in [5.41, 5.74) is 2.13. The molecule has 0 bridgehead atoms. The zero-order valence-corrected chi connectivity index (χ0v) is 16.6. The molecular formula is C22H27N5O. The van der Waals surface area contributed by atoms with Gasteiger partial charge in [-0.3, -0.25) is 4.90 Å². The quantitative estimate of drug-likeness (QED) is 0.643. The number of benzene rings is 1. The van der Waals surface area contributed by atoms with E-state index in [0.29, 0.717) is 17.8 Å². The molecule has 0 radical (unpaired) electrons. The fraction of sp³-hybridized carbons (Fsp3) is 0.409.